The SMILES string of the molecule is CNC(=O)C(C)N(C)Cc1cccc(C#N)c1. The molecular formula is C13H17N3O. The van der Waals surface area contributed by atoms with Gasteiger partial charge in [0.25, 0.3) is 0 Å². The van der Waals surface area contributed by atoms with Crippen LogP contribution >= 0.6 is 0 Å². The summed E-state index contributed by atoms with van der Waals surface area (Å²) in [6.45, 7) is 2.50. The lowest BCUT2D eigenvalue weighted by Gasteiger charge is -2.23. The van der Waals surface area contributed by atoms with Gasteiger partial charge in [0.15, 0.2) is 0 Å². The highest BCUT2D eigenvalue weighted by atomic mass is 16.2. The third kappa shape index (κ3) is 3.58. The van der Waals surface area contributed by atoms with Gasteiger partial charge in [0, 0.05) is 13.6 Å². The molecule has 0 heterocycles. The zero-order valence-corrected chi connectivity index (χ0v) is 10.4. The van der Waals surface area contributed by atoms with Gasteiger partial charge in [0.05, 0.1) is 17.7 Å². The number of nitrogens with one attached hydrogen (secondary N) is 1. The van der Waals surface area contributed by atoms with Crippen molar-refractivity contribution in [3.63, 3.8) is 0 Å². The summed E-state index contributed by atoms with van der Waals surface area (Å²) in [6.07, 6.45) is 0. The Hall–Kier alpha value is -1.86. The molecule has 1 rings (SSSR count). The van der Waals surface area contributed by atoms with Gasteiger partial charge in [0.2, 0.25) is 5.91 Å². The minimum Gasteiger partial charge on any atom is -0.358 e. The van der Waals surface area contributed by atoms with E-state index in [-0.39, 0.29) is 11.9 Å². The Kier molecular flexibility index (Phi) is 4.68. The van der Waals surface area contributed by atoms with E-state index in [2.05, 4.69) is 11.4 Å². The Labute approximate surface area is 102 Å². The molecule has 1 atom stereocenters. The average Bonchev–Trinajstić information content (AvgIpc) is 2.37. The van der Waals surface area contributed by atoms with Crippen LogP contribution in [0.1, 0.15) is 18.1 Å². The maximum Gasteiger partial charge on any atom is 0.236 e. The first-order chi connectivity index (χ1) is 8.08. The smallest absolute Gasteiger partial charge is 0.236 e. The van der Waals surface area contributed by atoms with Crippen molar-refractivity contribution in [3.8, 4) is 6.07 Å². The first kappa shape index (κ1) is 13.2. The van der Waals surface area contributed by atoms with Gasteiger partial charge in [-0.05, 0) is 31.7 Å². The summed E-state index contributed by atoms with van der Waals surface area (Å²) in [7, 11) is 3.52. The van der Waals surface area contributed by atoms with E-state index in [1.807, 2.05) is 37.1 Å². The second-order valence-corrected chi connectivity index (χ2v) is 4.02. The molecule has 1 aromatic rings. The Bertz CT molecular complexity index is 437. The lowest BCUT2D eigenvalue weighted by atomic mass is 10.1. The Balaban J connectivity index is 2.71. The van der Waals surface area contributed by atoms with Gasteiger partial charge in [0.1, 0.15) is 0 Å². The van der Waals surface area contributed by atoms with Crippen molar-refractivity contribution in [3.05, 3.63) is 35.4 Å². The van der Waals surface area contributed by atoms with E-state index in [0.717, 1.165) is 5.56 Å². The Morgan fingerprint density at radius 3 is 2.88 bits per heavy atom. The first-order valence-corrected chi connectivity index (χ1v) is 5.49. The largest absolute Gasteiger partial charge is 0.358 e. The van der Waals surface area contributed by atoms with E-state index in [1.165, 1.54) is 0 Å². The molecule has 0 aromatic heterocycles. The van der Waals surface area contributed by atoms with Crippen LogP contribution in [0.3, 0.4) is 0 Å². The van der Waals surface area contributed by atoms with Crippen LogP contribution in [0.25, 0.3) is 0 Å². The molecule has 0 aliphatic carbocycles. The van der Waals surface area contributed by atoms with Crippen LogP contribution in [-0.4, -0.2) is 30.9 Å². The number of hydrogen-bond acceptors (Lipinski definition) is 3. The summed E-state index contributed by atoms with van der Waals surface area (Å²) < 4.78 is 0. The minimum absolute atomic E-state index is 0.0102. The number of amides is 1. The second kappa shape index (κ2) is 6.02. The number of rotatable bonds is 4. The highest BCUT2D eigenvalue weighted by Crippen LogP contribution is 2.08. The van der Waals surface area contributed by atoms with E-state index in [1.54, 1.807) is 13.1 Å². The van der Waals surface area contributed by atoms with E-state index < -0.39 is 0 Å². The van der Waals surface area contributed by atoms with Crippen molar-refractivity contribution < 1.29 is 4.79 Å². The van der Waals surface area contributed by atoms with Crippen LogP contribution in [0.5, 0.6) is 0 Å². The molecule has 0 aliphatic heterocycles. The molecule has 1 N–H and O–H groups in total. The number of likely N-dealkylation sites (N-methyl/N-ethyl adjacent to an activating group) is 2. The monoisotopic (exact) mass is 231 g/mol. The van der Waals surface area contributed by atoms with Crippen molar-refractivity contribution in [2.24, 2.45) is 0 Å². The molecule has 0 saturated heterocycles. The van der Waals surface area contributed by atoms with Gasteiger partial charge in [-0.2, -0.15) is 5.26 Å². The van der Waals surface area contributed by atoms with Crippen molar-refractivity contribution >= 4 is 5.91 Å². The first-order valence-electron chi connectivity index (χ1n) is 5.49. The average molecular weight is 231 g/mol. The fraction of sp³-hybridized carbons (Fsp3) is 0.385. The van der Waals surface area contributed by atoms with E-state index >= 15 is 0 Å². The van der Waals surface area contributed by atoms with Crippen LogP contribution in [-0.2, 0) is 11.3 Å². The molecular weight excluding hydrogens is 214 g/mol. The highest BCUT2D eigenvalue weighted by molar-refractivity contribution is 5.80. The molecule has 90 valence electrons. The van der Waals surface area contributed by atoms with Gasteiger partial charge in [-0.3, -0.25) is 9.69 Å². The standard InChI is InChI=1S/C13H17N3O/c1-10(13(17)15-2)16(3)9-12-6-4-5-11(7-12)8-14/h4-7,10H,9H2,1-3H3,(H,15,17). The topological polar surface area (TPSA) is 56.1 Å². The van der Waals surface area contributed by atoms with Crippen molar-refractivity contribution in [1.82, 2.24) is 10.2 Å². The summed E-state index contributed by atoms with van der Waals surface area (Å²) in [6, 6.07) is 9.33. The highest BCUT2D eigenvalue weighted by Gasteiger charge is 2.16. The molecule has 0 fully saturated rings. The zero-order chi connectivity index (χ0) is 12.8. The van der Waals surface area contributed by atoms with E-state index in [9.17, 15) is 4.79 Å². The summed E-state index contributed by atoms with van der Waals surface area (Å²) >= 11 is 0. The number of benzene rings is 1. The number of nitrogens with zero attached hydrogens (tertiary/aromatic N) is 2. The number of hydrogen-bond donors (Lipinski definition) is 1. The molecule has 0 radical (unpaired) electrons. The molecule has 4 heteroatoms. The predicted molar refractivity (Wildman–Crippen MR) is 66.2 cm³/mol. The summed E-state index contributed by atoms with van der Waals surface area (Å²) in [5.74, 6) is -0.0102. The molecule has 17 heavy (non-hydrogen) atoms. The third-order valence-electron chi connectivity index (χ3n) is 2.78. The number of carbonyl (C=O) groups is 1. The van der Waals surface area contributed by atoms with E-state index in [0.29, 0.717) is 12.1 Å². The predicted octanol–water partition coefficient (Wildman–Crippen LogP) is 1.12. The normalized spacial score (nSPS) is 11.9. The number of carbonyl (C=O) groups excluding carboxylic acids is 1. The van der Waals surface area contributed by atoms with Crippen molar-refractivity contribution in [2.45, 2.75) is 19.5 Å². The summed E-state index contributed by atoms with van der Waals surface area (Å²) in [4.78, 5) is 13.4. The second-order valence-electron chi connectivity index (χ2n) is 4.02. The van der Waals surface area contributed by atoms with Crippen LogP contribution in [0, 0.1) is 11.3 Å². The van der Waals surface area contributed by atoms with E-state index in [4.69, 9.17) is 5.26 Å². The third-order valence-corrected chi connectivity index (χ3v) is 2.78. The Morgan fingerprint density at radius 2 is 2.29 bits per heavy atom. The maximum atomic E-state index is 11.5. The molecule has 1 aromatic carbocycles. The van der Waals surface area contributed by atoms with Gasteiger partial charge in [-0.25, -0.2) is 0 Å². The van der Waals surface area contributed by atoms with Crippen LogP contribution in [0.4, 0.5) is 0 Å². The summed E-state index contributed by atoms with van der Waals surface area (Å²) in [5.41, 5.74) is 1.67. The van der Waals surface area contributed by atoms with Crippen LogP contribution in [0.2, 0.25) is 0 Å². The lowest BCUT2D eigenvalue weighted by Crippen LogP contribution is -2.41. The quantitative estimate of drug-likeness (QED) is 0.845. The van der Waals surface area contributed by atoms with Crippen molar-refractivity contribution in [1.29, 1.82) is 5.26 Å². The fourth-order valence-electron chi connectivity index (χ4n) is 1.57. The molecule has 4 nitrogen and oxygen atoms in total. The minimum atomic E-state index is -0.189. The van der Waals surface area contributed by atoms with Crippen molar-refractivity contribution in [2.75, 3.05) is 14.1 Å². The Morgan fingerprint density at radius 1 is 1.59 bits per heavy atom. The number of nitriles is 1. The fourth-order valence-corrected chi connectivity index (χ4v) is 1.57. The van der Waals surface area contributed by atoms with Crippen LogP contribution in [0.15, 0.2) is 24.3 Å². The molecule has 0 aliphatic rings. The molecule has 0 saturated carbocycles. The van der Waals surface area contributed by atoms with Crippen LogP contribution < -0.4 is 5.32 Å². The van der Waals surface area contributed by atoms with Gasteiger partial charge >= 0.3 is 0 Å². The summed E-state index contributed by atoms with van der Waals surface area (Å²) in [5, 5.41) is 11.4. The van der Waals surface area contributed by atoms with Gasteiger partial charge < -0.3 is 5.32 Å². The molecule has 1 amide bonds. The molecule has 0 spiro atoms. The molecule has 1 unspecified atom stereocenters. The lowest BCUT2D eigenvalue weighted by molar-refractivity contribution is -0.125. The zero-order valence-electron chi connectivity index (χ0n) is 10.4. The van der Waals surface area contributed by atoms with Gasteiger partial charge in [-0.1, -0.05) is 12.1 Å². The van der Waals surface area contributed by atoms with Gasteiger partial charge in [-0.15, -0.1) is 0 Å². The maximum absolute atomic E-state index is 11.5. The molecule has 0 bridgehead atoms.